The lowest BCUT2D eigenvalue weighted by atomic mass is 10.1. The zero-order chi connectivity index (χ0) is 15.3. The molecule has 1 rings (SSSR count). The van der Waals surface area contributed by atoms with Gasteiger partial charge >= 0.3 is 16.1 Å². The third-order valence-corrected chi connectivity index (χ3v) is 2.75. The first-order valence-corrected chi connectivity index (χ1v) is 7.45. The van der Waals surface area contributed by atoms with Crippen LogP contribution in [-0.2, 0) is 19.6 Å². The summed E-state index contributed by atoms with van der Waals surface area (Å²) in [6.07, 6.45) is 1.74. The summed E-state index contributed by atoms with van der Waals surface area (Å²) in [6.45, 7) is 4.87. The van der Waals surface area contributed by atoms with Gasteiger partial charge in [0.1, 0.15) is 6.10 Å². The first kappa shape index (κ1) is 16.0. The number of hydrogen-bond donors (Lipinski definition) is 0. The van der Waals surface area contributed by atoms with Crippen LogP contribution in [-0.4, -0.2) is 27.8 Å². The van der Waals surface area contributed by atoms with Crippen LogP contribution in [0.1, 0.15) is 18.6 Å². The molecule has 110 valence electrons. The zero-order valence-corrected chi connectivity index (χ0v) is 12.3. The number of ether oxygens (including phenoxy) is 2. The van der Waals surface area contributed by atoms with E-state index in [1.807, 2.05) is 0 Å². The number of hydrogen-bond acceptors (Lipinski definition) is 6. The Hall–Kier alpha value is -2.02. The molecule has 0 amide bonds. The molecule has 7 heteroatoms. The van der Waals surface area contributed by atoms with Gasteiger partial charge in [-0.05, 0) is 18.2 Å². The highest BCUT2D eigenvalue weighted by Gasteiger charge is 2.16. The van der Waals surface area contributed by atoms with Crippen molar-refractivity contribution in [1.29, 1.82) is 0 Å². The topological polar surface area (TPSA) is 78.9 Å². The van der Waals surface area contributed by atoms with E-state index in [0.29, 0.717) is 5.56 Å². The van der Waals surface area contributed by atoms with Crippen molar-refractivity contribution >= 4 is 16.1 Å². The third-order valence-electron chi connectivity index (χ3n) is 2.26. The van der Waals surface area contributed by atoms with E-state index < -0.39 is 22.2 Å². The van der Waals surface area contributed by atoms with Crippen LogP contribution in [0.5, 0.6) is 11.5 Å². The van der Waals surface area contributed by atoms with Crippen LogP contribution in [0.3, 0.4) is 0 Å². The normalized spacial score (nSPS) is 12.3. The second-order valence-electron chi connectivity index (χ2n) is 3.96. The fourth-order valence-corrected chi connectivity index (χ4v) is 1.99. The summed E-state index contributed by atoms with van der Waals surface area (Å²) in [6, 6.07) is 4.52. The number of rotatable bonds is 6. The summed E-state index contributed by atoms with van der Waals surface area (Å²) in [5, 5.41) is 0. The van der Waals surface area contributed by atoms with E-state index in [0.717, 1.165) is 6.26 Å². The number of benzene rings is 1. The predicted molar refractivity (Wildman–Crippen MR) is 73.2 cm³/mol. The molecular weight excluding hydrogens is 284 g/mol. The van der Waals surface area contributed by atoms with Crippen molar-refractivity contribution in [2.75, 3.05) is 13.4 Å². The molecular formula is C13H16O6S. The second kappa shape index (κ2) is 6.42. The van der Waals surface area contributed by atoms with Gasteiger partial charge in [-0.25, -0.2) is 0 Å². The van der Waals surface area contributed by atoms with Crippen LogP contribution >= 0.6 is 0 Å². The molecule has 0 unspecified atom stereocenters. The van der Waals surface area contributed by atoms with Gasteiger partial charge in [-0.1, -0.05) is 12.6 Å². The fraction of sp³-hybridized carbons (Fsp3) is 0.308. The Balaban J connectivity index is 3.14. The minimum Gasteiger partial charge on any atom is -0.493 e. The van der Waals surface area contributed by atoms with Crippen molar-refractivity contribution in [2.24, 2.45) is 0 Å². The molecule has 0 N–H and O–H groups in total. The number of carbonyl (C=O) groups excluding carboxylic acids is 1. The van der Waals surface area contributed by atoms with Crippen molar-refractivity contribution < 1.29 is 26.9 Å². The molecule has 1 aromatic rings. The van der Waals surface area contributed by atoms with Crippen molar-refractivity contribution in [3.63, 3.8) is 0 Å². The molecule has 6 nitrogen and oxygen atoms in total. The average Bonchev–Trinajstić information content (AvgIpc) is 2.34. The van der Waals surface area contributed by atoms with Gasteiger partial charge in [0.05, 0.1) is 13.4 Å². The molecule has 20 heavy (non-hydrogen) atoms. The highest BCUT2D eigenvalue weighted by molar-refractivity contribution is 7.86. The summed E-state index contributed by atoms with van der Waals surface area (Å²) in [5.74, 6) is -0.179. The Morgan fingerprint density at radius 1 is 1.35 bits per heavy atom. The average molecular weight is 300 g/mol. The summed E-state index contributed by atoms with van der Waals surface area (Å²) >= 11 is 0. The van der Waals surface area contributed by atoms with Crippen molar-refractivity contribution in [3.05, 3.63) is 36.4 Å². The zero-order valence-electron chi connectivity index (χ0n) is 11.5. The number of esters is 1. The molecule has 0 aliphatic heterocycles. The largest absolute Gasteiger partial charge is 0.493 e. The first-order chi connectivity index (χ1) is 9.26. The summed E-state index contributed by atoms with van der Waals surface area (Å²) < 4.78 is 37.2. The van der Waals surface area contributed by atoms with E-state index in [4.69, 9.17) is 13.7 Å². The van der Waals surface area contributed by atoms with E-state index in [1.54, 1.807) is 6.07 Å². The lowest BCUT2D eigenvalue weighted by Gasteiger charge is -2.15. The Labute approximate surface area is 118 Å². The summed E-state index contributed by atoms with van der Waals surface area (Å²) in [4.78, 5) is 11.0. The lowest BCUT2D eigenvalue weighted by Crippen LogP contribution is -2.09. The fourth-order valence-electron chi connectivity index (χ4n) is 1.52. The van der Waals surface area contributed by atoms with E-state index in [-0.39, 0.29) is 11.5 Å². The maximum atomic E-state index is 11.1. The molecule has 0 aliphatic carbocycles. The van der Waals surface area contributed by atoms with Crippen LogP contribution in [0.2, 0.25) is 0 Å². The summed E-state index contributed by atoms with van der Waals surface area (Å²) in [7, 11) is -2.27. The highest BCUT2D eigenvalue weighted by atomic mass is 32.2. The molecule has 0 aliphatic rings. The van der Waals surface area contributed by atoms with Gasteiger partial charge in [0.25, 0.3) is 0 Å². The standard InChI is InChI=1S/C13H16O6S/c1-5-11(18-9(2)14)10-6-7-12(13(8-10)17-3)19-20(4,15)16/h5-8,11H,1H2,2-4H3/t11-/m1/s1. The van der Waals surface area contributed by atoms with Gasteiger partial charge in [0.15, 0.2) is 11.5 Å². The first-order valence-electron chi connectivity index (χ1n) is 5.64. The van der Waals surface area contributed by atoms with Crippen LogP contribution in [0.15, 0.2) is 30.9 Å². The monoisotopic (exact) mass is 300 g/mol. The van der Waals surface area contributed by atoms with Crippen molar-refractivity contribution in [2.45, 2.75) is 13.0 Å². The number of methoxy groups -OCH3 is 1. The maximum absolute atomic E-state index is 11.1. The number of carbonyl (C=O) groups is 1. The molecule has 1 aromatic carbocycles. The molecule has 0 fully saturated rings. The molecule has 0 aromatic heterocycles. The van der Waals surface area contributed by atoms with Gasteiger partial charge in [0.2, 0.25) is 0 Å². The molecule has 0 spiro atoms. The van der Waals surface area contributed by atoms with Gasteiger partial charge in [0, 0.05) is 12.5 Å². The van der Waals surface area contributed by atoms with E-state index in [1.165, 1.54) is 32.2 Å². The van der Waals surface area contributed by atoms with Crippen molar-refractivity contribution in [1.82, 2.24) is 0 Å². The van der Waals surface area contributed by atoms with E-state index >= 15 is 0 Å². The van der Waals surface area contributed by atoms with Crippen molar-refractivity contribution in [3.8, 4) is 11.5 Å². The molecule has 0 saturated heterocycles. The maximum Gasteiger partial charge on any atom is 0.306 e. The highest BCUT2D eigenvalue weighted by Crippen LogP contribution is 2.32. The molecule has 0 bridgehead atoms. The lowest BCUT2D eigenvalue weighted by molar-refractivity contribution is -0.144. The summed E-state index contributed by atoms with van der Waals surface area (Å²) in [5.41, 5.74) is 0.591. The molecule has 0 saturated carbocycles. The van der Waals surface area contributed by atoms with Crippen LogP contribution in [0.25, 0.3) is 0 Å². The van der Waals surface area contributed by atoms with Gasteiger partial charge in [-0.2, -0.15) is 8.42 Å². The Morgan fingerprint density at radius 3 is 2.45 bits per heavy atom. The SMILES string of the molecule is C=C[C@@H](OC(C)=O)c1ccc(OS(C)(=O)=O)c(OC)c1. The van der Waals surface area contributed by atoms with Crippen LogP contribution < -0.4 is 8.92 Å². The quantitative estimate of drug-likeness (QED) is 0.453. The van der Waals surface area contributed by atoms with Crippen LogP contribution in [0.4, 0.5) is 0 Å². The minimum atomic E-state index is -3.65. The van der Waals surface area contributed by atoms with Gasteiger partial charge < -0.3 is 13.7 Å². The Bertz CT molecular complexity index is 605. The second-order valence-corrected chi connectivity index (χ2v) is 5.54. The molecule has 0 radical (unpaired) electrons. The Kier molecular flexibility index (Phi) is 5.15. The predicted octanol–water partition coefficient (Wildman–Crippen LogP) is 1.82. The smallest absolute Gasteiger partial charge is 0.306 e. The van der Waals surface area contributed by atoms with Gasteiger partial charge in [-0.3, -0.25) is 4.79 Å². The van der Waals surface area contributed by atoms with E-state index in [2.05, 4.69) is 6.58 Å². The molecule has 0 heterocycles. The molecule has 1 atom stereocenters. The van der Waals surface area contributed by atoms with Crippen LogP contribution in [0, 0.1) is 0 Å². The third kappa shape index (κ3) is 4.58. The Morgan fingerprint density at radius 2 is 2.00 bits per heavy atom. The van der Waals surface area contributed by atoms with Gasteiger partial charge in [-0.15, -0.1) is 0 Å². The minimum absolute atomic E-state index is 0.0596. The van der Waals surface area contributed by atoms with E-state index in [9.17, 15) is 13.2 Å².